The topological polar surface area (TPSA) is 17.1 Å². The Kier molecular flexibility index (Phi) is 4.44. The minimum absolute atomic E-state index is 0.0768. The Hall–Kier alpha value is -0.250. The van der Waals surface area contributed by atoms with Crippen molar-refractivity contribution < 1.29 is 9.18 Å². The Morgan fingerprint density at radius 3 is 2.40 bits per heavy atom. The van der Waals surface area contributed by atoms with Gasteiger partial charge in [0.2, 0.25) is 0 Å². The van der Waals surface area contributed by atoms with E-state index in [9.17, 15) is 9.18 Å². The molecule has 0 radical (unpaired) electrons. The minimum Gasteiger partial charge on any atom is -0.293 e. The van der Waals surface area contributed by atoms with Gasteiger partial charge in [-0.1, -0.05) is 64.8 Å². The number of carbonyl (C=O) groups is 1. The molecule has 1 rings (SSSR count). The molecule has 0 aromatic heterocycles. The number of carbonyl (C=O) groups excluding carboxylic acids is 1. The van der Waals surface area contributed by atoms with Crippen LogP contribution in [0, 0.1) is 6.92 Å². The van der Waals surface area contributed by atoms with Gasteiger partial charge in [-0.15, -0.1) is 0 Å². The summed E-state index contributed by atoms with van der Waals surface area (Å²) in [6.07, 6.45) is 0. The van der Waals surface area contributed by atoms with E-state index in [-0.39, 0.29) is 11.5 Å². The first-order valence-corrected chi connectivity index (χ1v) is 5.93. The highest BCUT2D eigenvalue weighted by Gasteiger charge is 2.24. The number of hydrogen-bond acceptors (Lipinski definition) is 2. The molecule has 0 N–H and O–H groups in total. The van der Waals surface area contributed by atoms with Crippen LogP contribution in [0.1, 0.15) is 15.9 Å². The van der Waals surface area contributed by atoms with E-state index in [4.69, 9.17) is 23.2 Å². The van der Waals surface area contributed by atoms with Crippen LogP contribution >= 0.6 is 35.0 Å². The molecule has 0 fully saturated rings. The molecule has 1 nitrogen and oxygen atoms in total. The number of thioether (sulfide) groups is 1. The van der Waals surface area contributed by atoms with E-state index >= 15 is 0 Å². The second kappa shape index (κ2) is 5.19. The van der Waals surface area contributed by atoms with Crippen LogP contribution < -0.4 is 0 Å². The van der Waals surface area contributed by atoms with Crippen LogP contribution in [0.15, 0.2) is 24.3 Å². The lowest BCUT2D eigenvalue weighted by atomic mass is 10.1. The van der Waals surface area contributed by atoms with Crippen molar-refractivity contribution in [2.75, 3.05) is 5.75 Å². The van der Waals surface area contributed by atoms with Gasteiger partial charge in [0.15, 0.2) is 5.78 Å². The van der Waals surface area contributed by atoms with Crippen molar-refractivity contribution >= 4 is 40.7 Å². The largest absolute Gasteiger partial charge is 0.305 e. The summed E-state index contributed by atoms with van der Waals surface area (Å²) in [5.74, 6) is -0.268. The fourth-order valence-corrected chi connectivity index (χ4v) is 1.76. The molecule has 1 aromatic rings. The third-order valence-electron chi connectivity index (χ3n) is 1.74. The molecule has 0 aliphatic carbocycles. The van der Waals surface area contributed by atoms with Crippen molar-refractivity contribution in [3.8, 4) is 0 Å². The average Bonchev–Trinajstić information content (AvgIpc) is 2.14. The third kappa shape index (κ3) is 4.87. The molecule has 5 heteroatoms. The molecular weight excluding hydrogens is 258 g/mol. The molecule has 0 unspecified atom stereocenters. The number of benzene rings is 1. The first-order chi connectivity index (χ1) is 6.88. The molecule has 0 saturated heterocycles. The summed E-state index contributed by atoms with van der Waals surface area (Å²) in [4.78, 5) is 11.5. The molecule has 0 aliphatic heterocycles. The molecule has 0 bridgehead atoms. The number of rotatable bonds is 4. The molecule has 0 saturated carbocycles. The molecule has 0 amide bonds. The first kappa shape index (κ1) is 12.8. The summed E-state index contributed by atoms with van der Waals surface area (Å²) in [5.41, 5.74) is 1.60. The quantitative estimate of drug-likeness (QED) is 0.606. The summed E-state index contributed by atoms with van der Waals surface area (Å²) >= 11 is 10.8. The van der Waals surface area contributed by atoms with Crippen molar-refractivity contribution in [1.82, 2.24) is 0 Å². The average molecular weight is 267 g/mol. The van der Waals surface area contributed by atoms with E-state index < -0.39 is 3.92 Å². The zero-order chi connectivity index (χ0) is 11.5. The van der Waals surface area contributed by atoms with Crippen molar-refractivity contribution in [3.05, 3.63) is 35.4 Å². The maximum absolute atomic E-state index is 12.7. The molecule has 15 heavy (non-hydrogen) atoms. The van der Waals surface area contributed by atoms with Gasteiger partial charge in [-0.05, 0) is 6.92 Å². The number of ketones is 1. The molecule has 82 valence electrons. The Morgan fingerprint density at radius 2 is 1.93 bits per heavy atom. The van der Waals surface area contributed by atoms with Crippen LogP contribution in [0.2, 0.25) is 0 Å². The highest BCUT2D eigenvalue weighted by Crippen LogP contribution is 2.36. The maximum atomic E-state index is 12.7. The lowest BCUT2D eigenvalue weighted by molar-refractivity contribution is 0.102. The molecule has 0 spiro atoms. The number of hydrogen-bond donors (Lipinski definition) is 0. The van der Waals surface area contributed by atoms with Gasteiger partial charge in [0, 0.05) is 5.56 Å². The van der Waals surface area contributed by atoms with E-state index in [0.29, 0.717) is 17.3 Å². The second-order valence-corrected chi connectivity index (χ2v) is 5.85. The molecule has 0 aliphatic rings. The van der Waals surface area contributed by atoms with Gasteiger partial charge < -0.3 is 0 Å². The smallest absolute Gasteiger partial charge is 0.293 e. The molecule has 0 heterocycles. The summed E-state index contributed by atoms with van der Waals surface area (Å²) in [7, 11) is 0. The van der Waals surface area contributed by atoms with E-state index in [1.807, 2.05) is 19.1 Å². The van der Waals surface area contributed by atoms with Crippen molar-refractivity contribution in [3.63, 3.8) is 0 Å². The maximum Gasteiger partial charge on any atom is 0.305 e. The molecule has 0 atom stereocenters. The van der Waals surface area contributed by atoms with Gasteiger partial charge >= 0.3 is 3.92 Å². The van der Waals surface area contributed by atoms with E-state index in [0.717, 1.165) is 5.56 Å². The van der Waals surface area contributed by atoms with Crippen LogP contribution in [0.4, 0.5) is 4.39 Å². The van der Waals surface area contributed by atoms with Gasteiger partial charge in [0.05, 0.1) is 5.75 Å². The number of alkyl halides is 3. The highest BCUT2D eigenvalue weighted by atomic mass is 35.5. The SMILES string of the molecule is Cc1ccc(C(=O)CSC(F)(Cl)Cl)cc1. The number of aryl methyl sites for hydroxylation is 1. The van der Waals surface area contributed by atoms with Gasteiger partial charge in [-0.3, -0.25) is 4.79 Å². The summed E-state index contributed by atoms with van der Waals surface area (Å²) in [6, 6.07) is 7.03. The van der Waals surface area contributed by atoms with Crippen LogP contribution in [-0.2, 0) is 0 Å². The fourth-order valence-electron chi connectivity index (χ4n) is 0.970. The van der Waals surface area contributed by atoms with Gasteiger partial charge in [0.25, 0.3) is 0 Å². The van der Waals surface area contributed by atoms with Crippen LogP contribution in [-0.4, -0.2) is 15.5 Å². The van der Waals surface area contributed by atoms with Crippen molar-refractivity contribution in [2.24, 2.45) is 0 Å². The van der Waals surface area contributed by atoms with Crippen LogP contribution in [0.5, 0.6) is 0 Å². The van der Waals surface area contributed by atoms with Crippen molar-refractivity contribution in [1.29, 1.82) is 0 Å². The first-order valence-electron chi connectivity index (χ1n) is 4.19. The van der Waals surface area contributed by atoms with Gasteiger partial charge in [-0.25, -0.2) is 0 Å². The van der Waals surface area contributed by atoms with E-state index in [1.165, 1.54) is 0 Å². The summed E-state index contributed by atoms with van der Waals surface area (Å²) < 4.78 is 10.3. The Morgan fingerprint density at radius 1 is 1.40 bits per heavy atom. The number of Topliss-reactive ketones (excluding diaryl/α,β-unsaturated/α-hetero) is 1. The number of halogens is 3. The Labute approximate surface area is 102 Å². The Bertz CT molecular complexity index is 345. The lowest BCUT2D eigenvalue weighted by Gasteiger charge is -2.07. The molecule has 1 aromatic carbocycles. The fraction of sp³-hybridized carbons (Fsp3) is 0.300. The predicted molar refractivity (Wildman–Crippen MR) is 63.5 cm³/mol. The normalized spacial score (nSPS) is 11.5. The van der Waals surface area contributed by atoms with E-state index in [1.54, 1.807) is 12.1 Å². The Balaban J connectivity index is 2.58. The zero-order valence-electron chi connectivity index (χ0n) is 7.97. The lowest BCUT2D eigenvalue weighted by Crippen LogP contribution is -2.07. The summed E-state index contributed by atoms with van der Waals surface area (Å²) in [5, 5.41) is 0. The van der Waals surface area contributed by atoms with E-state index in [2.05, 4.69) is 0 Å². The zero-order valence-corrected chi connectivity index (χ0v) is 10.3. The minimum atomic E-state index is -2.40. The second-order valence-electron chi connectivity index (χ2n) is 3.02. The highest BCUT2D eigenvalue weighted by molar-refractivity contribution is 8.03. The molecular formula is C10H9Cl2FOS. The third-order valence-corrected chi connectivity index (χ3v) is 3.13. The monoisotopic (exact) mass is 266 g/mol. The standard InChI is InChI=1S/C10H9Cl2FOS/c1-7-2-4-8(5-3-7)9(14)6-15-10(11,12)13/h2-5H,6H2,1H3. The van der Waals surface area contributed by atoms with Gasteiger partial charge in [0.1, 0.15) is 0 Å². The van der Waals surface area contributed by atoms with Crippen molar-refractivity contribution in [2.45, 2.75) is 10.8 Å². The van der Waals surface area contributed by atoms with Crippen LogP contribution in [0.25, 0.3) is 0 Å². The van der Waals surface area contributed by atoms with Crippen LogP contribution in [0.3, 0.4) is 0 Å². The summed E-state index contributed by atoms with van der Waals surface area (Å²) in [6.45, 7) is 1.92. The predicted octanol–water partition coefficient (Wildman–Crippen LogP) is 3.97. The van der Waals surface area contributed by atoms with Gasteiger partial charge in [-0.2, -0.15) is 4.39 Å².